The zero-order valence-corrected chi connectivity index (χ0v) is 17.7. The molecule has 0 aromatic carbocycles. The lowest BCUT2D eigenvalue weighted by Gasteiger charge is -2.59. The molecule has 3 rings (SSSR count). The molecule has 1 spiro atoms. The summed E-state index contributed by atoms with van der Waals surface area (Å²) in [5.74, 6) is -1.30. The Kier molecular flexibility index (Phi) is 6.24. The van der Waals surface area contributed by atoms with Crippen molar-refractivity contribution in [1.29, 1.82) is 0 Å². The summed E-state index contributed by atoms with van der Waals surface area (Å²) in [5.41, 5.74) is -0.279. The number of unbranched alkanes of at least 4 members (excludes halogenated alkanes) is 1. The van der Waals surface area contributed by atoms with Gasteiger partial charge in [-0.1, -0.05) is 6.92 Å². The van der Waals surface area contributed by atoms with E-state index in [2.05, 4.69) is 14.9 Å². The molecule has 2 aliphatic rings. The smallest absolute Gasteiger partial charge is 0.385 e. The van der Waals surface area contributed by atoms with Gasteiger partial charge in [0.15, 0.2) is 0 Å². The van der Waals surface area contributed by atoms with Crippen LogP contribution in [0, 0.1) is 12.3 Å². The summed E-state index contributed by atoms with van der Waals surface area (Å²) in [5, 5.41) is 0. The van der Waals surface area contributed by atoms with E-state index in [1.165, 1.54) is 11.2 Å². The predicted molar refractivity (Wildman–Crippen MR) is 99.9 cm³/mol. The average Bonchev–Trinajstić information content (AvgIpc) is 2.56. The Morgan fingerprint density at radius 3 is 2.34 bits per heavy atom. The molecule has 11 heteroatoms. The fourth-order valence-corrected chi connectivity index (χ4v) is 6.22. The first kappa shape index (κ1) is 22.4. The topological polar surface area (TPSA) is 75.6 Å². The highest BCUT2D eigenvalue weighted by Crippen LogP contribution is 2.43. The summed E-state index contributed by atoms with van der Waals surface area (Å²) in [6.45, 7) is 7.03. The molecule has 1 aromatic rings. The van der Waals surface area contributed by atoms with Crippen molar-refractivity contribution in [2.24, 2.45) is 5.41 Å². The van der Waals surface area contributed by atoms with E-state index in [4.69, 9.17) is 4.74 Å². The zero-order valence-electron chi connectivity index (χ0n) is 16.9. The number of halogens is 3. The zero-order chi connectivity index (χ0) is 21.4. The van der Waals surface area contributed by atoms with Gasteiger partial charge in [-0.05, 0) is 32.7 Å². The Labute approximate surface area is 169 Å². The van der Waals surface area contributed by atoms with Crippen LogP contribution in [0.15, 0.2) is 4.90 Å². The molecule has 2 fully saturated rings. The van der Waals surface area contributed by atoms with Crippen molar-refractivity contribution in [3.8, 4) is 0 Å². The Balaban J connectivity index is 1.66. The summed E-state index contributed by atoms with van der Waals surface area (Å²) in [7, 11) is -2.25. The number of methoxy groups -OCH3 is 1. The van der Waals surface area contributed by atoms with Gasteiger partial charge < -0.3 is 9.64 Å². The van der Waals surface area contributed by atoms with Gasteiger partial charge in [0.25, 0.3) is 0 Å². The molecule has 0 N–H and O–H groups in total. The minimum absolute atomic E-state index is 0.0403. The van der Waals surface area contributed by atoms with E-state index in [1.807, 2.05) is 0 Å². The van der Waals surface area contributed by atoms with Crippen molar-refractivity contribution in [3.05, 3.63) is 17.2 Å². The van der Waals surface area contributed by atoms with Gasteiger partial charge in [-0.25, -0.2) is 18.4 Å². The van der Waals surface area contributed by atoms with Crippen LogP contribution >= 0.6 is 0 Å². The van der Waals surface area contributed by atoms with E-state index >= 15 is 0 Å². The summed E-state index contributed by atoms with van der Waals surface area (Å²) in [4.78, 5) is 9.05. The minimum atomic E-state index is -4.71. The third-order valence-corrected chi connectivity index (χ3v) is 7.49. The molecule has 2 aliphatic heterocycles. The standard InChI is InChI=1S/C18H27F3N4O3S/c1-4-14-15(13(2)22-16(23-14)18(19,20)21)29(26,27)25-11-17(12-25)9-24(10-17)7-5-6-8-28-3/h4-12H2,1-3H3. The van der Waals surface area contributed by atoms with Gasteiger partial charge in [0, 0.05) is 45.3 Å². The quantitative estimate of drug-likeness (QED) is 0.581. The fraction of sp³-hybridized carbons (Fsp3) is 0.778. The van der Waals surface area contributed by atoms with E-state index in [0.29, 0.717) is 13.1 Å². The third-order valence-electron chi connectivity index (χ3n) is 5.51. The molecule has 0 atom stereocenters. The van der Waals surface area contributed by atoms with Crippen LogP contribution < -0.4 is 0 Å². The van der Waals surface area contributed by atoms with E-state index in [1.54, 1.807) is 14.0 Å². The first-order valence-corrected chi connectivity index (χ1v) is 11.1. The molecule has 3 heterocycles. The number of ether oxygens (including phenoxy) is 1. The monoisotopic (exact) mass is 436 g/mol. The summed E-state index contributed by atoms with van der Waals surface area (Å²) < 4.78 is 71.4. The van der Waals surface area contributed by atoms with E-state index < -0.39 is 22.0 Å². The van der Waals surface area contributed by atoms with Crippen LogP contribution in [0.3, 0.4) is 0 Å². The number of likely N-dealkylation sites (tertiary alicyclic amines) is 1. The van der Waals surface area contributed by atoms with E-state index in [0.717, 1.165) is 39.1 Å². The number of sulfonamides is 1. The second-order valence-electron chi connectivity index (χ2n) is 7.94. The van der Waals surface area contributed by atoms with Crippen molar-refractivity contribution in [3.63, 3.8) is 0 Å². The second kappa shape index (κ2) is 8.09. The van der Waals surface area contributed by atoms with Crippen molar-refractivity contribution in [2.45, 2.75) is 44.2 Å². The van der Waals surface area contributed by atoms with Crippen molar-refractivity contribution >= 4 is 10.0 Å². The number of aromatic nitrogens is 2. The van der Waals surface area contributed by atoms with Gasteiger partial charge in [0.05, 0.1) is 11.4 Å². The lowest BCUT2D eigenvalue weighted by atomic mass is 9.74. The normalized spacial score (nSPS) is 19.9. The molecule has 7 nitrogen and oxygen atoms in total. The number of rotatable bonds is 8. The number of hydrogen-bond donors (Lipinski definition) is 0. The van der Waals surface area contributed by atoms with E-state index in [-0.39, 0.29) is 28.1 Å². The van der Waals surface area contributed by atoms with Crippen LogP contribution in [-0.4, -0.2) is 74.0 Å². The van der Waals surface area contributed by atoms with E-state index in [9.17, 15) is 21.6 Å². The third kappa shape index (κ3) is 4.42. The van der Waals surface area contributed by atoms with Crippen LogP contribution in [0.1, 0.15) is 37.0 Å². The van der Waals surface area contributed by atoms with Gasteiger partial charge in [0.1, 0.15) is 4.90 Å². The lowest BCUT2D eigenvalue weighted by molar-refractivity contribution is -0.145. The highest BCUT2D eigenvalue weighted by Gasteiger charge is 2.55. The molecular formula is C18H27F3N4O3S. The maximum Gasteiger partial charge on any atom is 0.451 e. The highest BCUT2D eigenvalue weighted by molar-refractivity contribution is 7.89. The molecule has 0 bridgehead atoms. The Bertz CT molecular complexity index is 847. The maximum atomic E-state index is 13.1. The van der Waals surface area contributed by atoms with Crippen molar-refractivity contribution < 1.29 is 26.3 Å². The molecule has 2 saturated heterocycles. The van der Waals surface area contributed by atoms with Crippen molar-refractivity contribution in [2.75, 3.05) is 46.4 Å². The van der Waals surface area contributed by atoms with Crippen LogP contribution in [-0.2, 0) is 27.4 Å². The molecule has 0 radical (unpaired) electrons. The summed E-state index contributed by atoms with van der Waals surface area (Å²) in [6.07, 6.45) is -2.60. The Hall–Kier alpha value is -1.30. The molecule has 0 amide bonds. The van der Waals surface area contributed by atoms with Crippen LogP contribution in [0.5, 0.6) is 0 Å². The maximum absolute atomic E-state index is 13.1. The first-order valence-electron chi connectivity index (χ1n) is 9.68. The lowest BCUT2D eigenvalue weighted by Crippen LogP contribution is -2.72. The van der Waals surface area contributed by atoms with Crippen molar-refractivity contribution in [1.82, 2.24) is 19.2 Å². The number of aryl methyl sites for hydroxylation is 2. The Morgan fingerprint density at radius 2 is 1.79 bits per heavy atom. The molecule has 29 heavy (non-hydrogen) atoms. The van der Waals surface area contributed by atoms with Gasteiger partial charge in [-0.3, -0.25) is 0 Å². The predicted octanol–water partition coefficient (Wildman–Crippen LogP) is 2.10. The number of hydrogen-bond acceptors (Lipinski definition) is 6. The molecule has 0 aliphatic carbocycles. The molecule has 1 aromatic heterocycles. The molecule has 0 unspecified atom stereocenters. The summed E-state index contributed by atoms with van der Waals surface area (Å²) >= 11 is 0. The molecule has 164 valence electrons. The molecule has 0 saturated carbocycles. The largest absolute Gasteiger partial charge is 0.451 e. The van der Waals surface area contributed by atoms with Gasteiger partial charge in [-0.2, -0.15) is 17.5 Å². The highest BCUT2D eigenvalue weighted by atomic mass is 32.2. The number of nitrogens with zero attached hydrogens (tertiary/aromatic N) is 4. The van der Waals surface area contributed by atoms with Gasteiger partial charge >= 0.3 is 6.18 Å². The van der Waals surface area contributed by atoms with Crippen LogP contribution in [0.4, 0.5) is 13.2 Å². The second-order valence-corrected chi connectivity index (χ2v) is 9.82. The van der Waals surface area contributed by atoms with Crippen LogP contribution in [0.25, 0.3) is 0 Å². The molecular weight excluding hydrogens is 409 g/mol. The van der Waals surface area contributed by atoms with Gasteiger partial charge in [-0.15, -0.1) is 0 Å². The first-order chi connectivity index (χ1) is 13.5. The SMILES string of the molecule is CCc1nc(C(F)(F)F)nc(C)c1S(=O)(=O)N1CC2(CN(CCCCOC)C2)C1. The Morgan fingerprint density at radius 1 is 1.14 bits per heavy atom. The number of alkyl halides is 3. The van der Waals surface area contributed by atoms with Crippen LogP contribution in [0.2, 0.25) is 0 Å². The minimum Gasteiger partial charge on any atom is -0.385 e. The summed E-state index contributed by atoms with van der Waals surface area (Å²) in [6, 6.07) is 0. The fourth-order valence-electron chi connectivity index (χ4n) is 4.17. The average molecular weight is 437 g/mol. The van der Waals surface area contributed by atoms with Gasteiger partial charge in [0.2, 0.25) is 15.8 Å².